The van der Waals surface area contributed by atoms with Crippen molar-refractivity contribution in [3.63, 3.8) is 0 Å². The predicted molar refractivity (Wildman–Crippen MR) is 62.3 cm³/mol. The zero-order valence-electron chi connectivity index (χ0n) is 8.05. The van der Waals surface area contributed by atoms with Crippen LogP contribution in [0.5, 0.6) is 0 Å². The lowest BCUT2D eigenvalue weighted by atomic mass is 10.3. The summed E-state index contributed by atoms with van der Waals surface area (Å²) in [5.74, 6) is 0. The first-order chi connectivity index (χ1) is 6.13. The Hall–Kier alpha value is -0.610. The maximum atomic E-state index is 5.02. The molecule has 1 rings (SSSR count). The summed E-state index contributed by atoms with van der Waals surface area (Å²) in [6.07, 6.45) is 0. The van der Waals surface area contributed by atoms with Gasteiger partial charge in [-0.15, -0.1) is 11.3 Å². The van der Waals surface area contributed by atoms with Gasteiger partial charge in [0.05, 0.1) is 6.04 Å². The fourth-order valence-corrected chi connectivity index (χ4v) is 2.08. The molecule has 1 heterocycles. The van der Waals surface area contributed by atoms with Gasteiger partial charge in [0.25, 0.3) is 0 Å². The molecule has 1 unspecified atom stereocenters. The molecule has 4 heteroatoms. The zero-order chi connectivity index (χ0) is 9.84. The van der Waals surface area contributed by atoms with E-state index < -0.39 is 0 Å². The molecule has 0 amide bonds. The van der Waals surface area contributed by atoms with Crippen molar-refractivity contribution < 1.29 is 0 Å². The molecule has 0 bridgehead atoms. The van der Waals surface area contributed by atoms with Crippen LogP contribution in [0.25, 0.3) is 0 Å². The smallest absolute Gasteiger partial charge is 0.166 e. The second-order valence-corrected chi connectivity index (χ2v) is 4.62. The number of thiocarbonyl (C=S) groups is 1. The average molecular weight is 214 g/mol. The lowest BCUT2D eigenvalue weighted by molar-refractivity contribution is 0.723. The minimum absolute atomic E-state index is 0.290. The number of thiophene rings is 1. The molecule has 0 radical (unpaired) electrons. The molecule has 1 atom stereocenters. The molecule has 13 heavy (non-hydrogen) atoms. The Balaban J connectivity index is 2.58. The molecule has 0 aliphatic heterocycles. The molecule has 0 saturated carbocycles. The molecular weight excluding hydrogens is 200 g/mol. The lowest BCUT2D eigenvalue weighted by Gasteiger charge is -2.13. The van der Waals surface area contributed by atoms with E-state index in [9.17, 15) is 0 Å². The van der Waals surface area contributed by atoms with Gasteiger partial charge in [-0.2, -0.15) is 0 Å². The Bertz CT molecular complexity index is 294. The normalized spacial score (nSPS) is 12.2. The van der Waals surface area contributed by atoms with Crippen LogP contribution in [0.4, 0.5) is 0 Å². The van der Waals surface area contributed by atoms with Crippen molar-refractivity contribution in [2.45, 2.75) is 19.9 Å². The van der Waals surface area contributed by atoms with E-state index in [1.165, 1.54) is 9.75 Å². The highest BCUT2D eigenvalue weighted by Crippen LogP contribution is 2.21. The highest BCUT2D eigenvalue weighted by molar-refractivity contribution is 7.80. The first kappa shape index (κ1) is 10.5. The summed E-state index contributed by atoms with van der Waals surface area (Å²) >= 11 is 6.82. The zero-order valence-corrected chi connectivity index (χ0v) is 9.68. The van der Waals surface area contributed by atoms with E-state index in [-0.39, 0.29) is 0 Å². The van der Waals surface area contributed by atoms with Gasteiger partial charge in [0.15, 0.2) is 5.11 Å². The summed E-state index contributed by atoms with van der Waals surface area (Å²) in [5.41, 5.74) is 0. The highest BCUT2D eigenvalue weighted by atomic mass is 32.1. The molecular formula is C9H14N2S2. The van der Waals surface area contributed by atoms with Crippen LogP contribution < -0.4 is 10.6 Å². The van der Waals surface area contributed by atoms with Crippen molar-refractivity contribution in [2.75, 3.05) is 7.05 Å². The number of aryl methyl sites for hydroxylation is 1. The van der Waals surface area contributed by atoms with Crippen molar-refractivity contribution in [2.24, 2.45) is 0 Å². The van der Waals surface area contributed by atoms with Crippen LogP contribution in [-0.4, -0.2) is 12.2 Å². The Morgan fingerprint density at radius 3 is 2.69 bits per heavy atom. The first-order valence-electron chi connectivity index (χ1n) is 4.18. The second kappa shape index (κ2) is 4.58. The predicted octanol–water partition coefficient (Wildman–Crippen LogP) is 2.21. The molecule has 1 aromatic rings. The van der Waals surface area contributed by atoms with Gasteiger partial charge in [0.1, 0.15) is 0 Å². The Morgan fingerprint density at radius 2 is 2.23 bits per heavy atom. The molecule has 0 aliphatic carbocycles. The van der Waals surface area contributed by atoms with E-state index in [0.29, 0.717) is 11.2 Å². The second-order valence-electron chi connectivity index (χ2n) is 2.89. The standard InChI is InChI=1S/C9H14N2S2/c1-6-4-5-8(13-6)7(2)11-9(12)10-3/h4-5,7H,1-3H3,(H2,10,11,12). The molecule has 0 aliphatic rings. The fourth-order valence-electron chi connectivity index (χ4n) is 1.03. The van der Waals surface area contributed by atoms with Gasteiger partial charge < -0.3 is 10.6 Å². The third-order valence-electron chi connectivity index (χ3n) is 1.76. The fraction of sp³-hybridized carbons (Fsp3) is 0.444. The molecule has 2 nitrogen and oxygen atoms in total. The Morgan fingerprint density at radius 1 is 1.54 bits per heavy atom. The van der Waals surface area contributed by atoms with E-state index in [0.717, 1.165) is 0 Å². The molecule has 0 fully saturated rings. The van der Waals surface area contributed by atoms with Crippen LogP contribution >= 0.6 is 23.6 Å². The van der Waals surface area contributed by atoms with E-state index in [4.69, 9.17) is 12.2 Å². The summed E-state index contributed by atoms with van der Waals surface area (Å²) in [4.78, 5) is 2.65. The summed E-state index contributed by atoms with van der Waals surface area (Å²) in [6, 6.07) is 4.55. The van der Waals surface area contributed by atoms with Gasteiger partial charge >= 0.3 is 0 Å². The van der Waals surface area contributed by atoms with Crippen LogP contribution in [0.3, 0.4) is 0 Å². The molecule has 72 valence electrons. The Kier molecular flexibility index (Phi) is 3.69. The number of hydrogen-bond donors (Lipinski definition) is 2. The van der Waals surface area contributed by atoms with Crippen molar-refractivity contribution in [3.8, 4) is 0 Å². The summed E-state index contributed by atoms with van der Waals surface area (Å²) < 4.78 is 0. The summed E-state index contributed by atoms with van der Waals surface area (Å²) in [6.45, 7) is 4.21. The van der Waals surface area contributed by atoms with E-state index in [2.05, 4.69) is 36.6 Å². The van der Waals surface area contributed by atoms with E-state index in [1.54, 1.807) is 11.3 Å². The van der Waals surface area contributed by atoms with Gasteiger partial charge in [-0.25, -0.2) is 0 Å². The lowest BCUT2D eigenvalue weighted by Crippen LogP contribution is -2.33. The Labute approximate surface area is 88.4 Å². The third kappa shape index (κ3) is 2.97. The van der Waals surface area contributed by atoms with Crippen molar-refractivity contribution >= 4 is 28.7 Å². The van der Waals surface area contributed by atoms with Crippen molar-refractivity contribution in [1.82, 2.24) is 10.6 Å². The molecule has 0 saturated heterocycles. The van der Waals surface area contributed by atoms with Crippen LogP contribution in [0.15, 0.2) is 12.1 Å². The summed E-state index contributed by atoms with van der Waals surface area (Å²) in [7, 11) is 1.82. The molecule has 1 aromatic heterocycles. The number of rotatable bonds is 2. The van der Waals surface area contributed by atoms with Crippen LogP contribution in [0.1, 0.15) is 22.7 Å². The van der Waals surface area contributed by atoms with Gasteiger partial charge in [0, 0.05) is 16.8 Å². The third-order valence-corrected chi connectivity index (χ3v) is 3.27. The van der Waals surface area contributed by atoms with Gasteiger partial charge in [-0.1, -0.05) is 0 Å². The van der Waals surface area contributed by atoms with Gasteiger partial charge in [-0.3, -0.25) is 0 Å². The number of hydrogen-bond acceptors (Lipinski definition) is 2. The molecule has 0 aromatic carbocycles. The van der Waals surface area contributed by atoms with E-state index in [1.807, 2.05) is 7.05 Å². The number of nitrogens with one attached hydrogen (secondary N) is 2. The SMILES string of the molecule is CNC(=S)NC(C)c1ccc(C)s1. The minimum Gasteiger partial charge on any atom is -0.366 e. The topological polar surface area (TPSA) is 24.1 Å². The van der Waals surface area contributed by atoms with Gasteiger partial charge in [0.2, 0.25) is 0 Å². The van der Waals surface area contributed by atoms with Gasteiger partial charge in [-0.05, 0) is 38.2 Å². The maximum absolute atomic E-state index is 5.02. The van der Waals surface area contributed by atoms with Crippen LogP contribution in [0.2, 0.25) is 0 Å². The first-order valence-corrected chi connectivity index (χ1v) is 5.40. The quantitative estimate of drug-likeness (QED) is 0.738. The minimum atomic E-state index is 0.290. The molecule has 2 N–H and O–H groups in total. The maximum Gasteiger partial charge on any atom is 0.166 e. The molecule has 0 spiro atoms. The van der Waals surface area contributed by atoms with Crippen molar-refractivity contribution in [3.05, 3.63) is 21.9 Å². The van der Waals surface area contributed by atoms with Crippen LogP contribution in [0, 0.1) is 6.92 Å². The van der Waals surface area contributed by atoms with Crippen molar-refractivity contribution in [1.29, 1.82) is 0 Å². The summed E-state index contributed by atoms with van der Waals surface area (Å²) in [5, 5.41) is 6.78. The largest absolute Gasteiger partial charge is 0.366 e. The van der Waals surface area contributed by atoms with E-state index >= 15 is 0 Å². The monoisotopic (exact) mass is 214 g/mol. The average Bonchev–Trinajstić information content (AvgIpc) is 2.51. The highest BCUT2D eigenvalue weighted by Gasteiger charge is 2.07. The van der Waals surface area contributed by atoms with Crippen LogP contribution in [-0.2, 0) is 0 Å².